The number of sulfonamides is 1. The molecule has 0 saturated carbocycles. The first-order valence-electron chi connectivity index (χ1n) is 10.2. The summed E-state index contributed by atoms with van der Waals surface area (Å²) >= 11 is 1.24. The molecule has 1 aliphatic heterocycles. The van der Waals surface area contributed by atoms with Crippen LogP contribution >= 0.6 is 11.3 Å². The van der Waals surface area contributed by atoms with Crippen LogP contribution in [0.1, 0.15) is 11.3 Å². The first-order chi connectivity index (χ1) is 16.1. The smallest absolute Gasteiger partial charge is 0.379 e. The Balaban J connectivity index is 1.47. The summed E-state index contributed by atoms with van der Waals surface area (Å²) in [4.78, 5) is 8.82. The summed E-state index contributed by atoms with van der Waals surface area (Å²) in [6, 6.07) is 7.38. The summed E-state index contributed by atoms with van der Waals surface area (Å²) in [7, 11) is -3.62. The van der Waals surface area contributed by atoms with Gasteiger partial charge in [-0.15, -0.1) is 0 Å². The van der Waals surface area contributed by atoms with Gasteiger partial charge >= 0.3 is 6.18 Å². The number of morpholine rings is 1. The highest BCUT2D eigenvalue weighted by Gasteiger charge is 2.33. The number of hydrogen-bond donors (Lipinski definition) is 0. The van der Waals surface area contributed by atoms with Gasteiger partial charge in [-0.25, -0.2) is 17.9 Å². The average molecular weight is 510 g/mol. The molecule has 4 heterocycles. The Morgan fingerprint density at radius 2 is 1.74 bits per heavy atom. The molecule has 0 radical (unpaired) electrons. The van der Waals surface area contributed by atoms with Crippen molar-refractivity contribution in [3.05, 3.63) is 54.0 Å². The van der Waals surface area contributed by atoms with Crippen molar-refractivity contribution in [1.82, 2.24) is 23.9 Å². The summed E-state index contributed by atoms with van der Waals surface area (Å²) in [5.74, 6) is 0. The minimum atomic E-state index is -4.52. The molecule has 34 heavy (non-hydrogen) atoms. The van der Waals surface area contributed by atoms with E-state index < -0.39 is 21.8 Å². The van der Waals surface area contributed by atoms with E-state index in [0.717, 1.165) is 6.07 Å². The Bertz CT molecular complexity index is 1460. The van der Waals surface area contributed by atoms with Crippen LogP contribution < -0.4 is 0 Å². The first kappa shape index (κ1) is 22.9. The molecule has 5 rings (SSSR count). The van der Waals surface area contributed by atoms with E-state index in [1.165, 1.54) is 51.6 Å². The van der Waals surface area contributed by atoms with Gasteiger partial charge in [-0.1, -0.05) is 23.5 Å². The number of imidazole rings is 1. The number of nitrogens with zero attached hydrogens (tertiary/aromatic N) is 5. The molecule has 0 amide bonds. The van der Waals surface area contributed by atoms with E-state index in [4.69, 9.17) is 4.74 Å². The number of aromatic nitrogens is 4. The van der Waals surface area contributed by atoms with E-state index >= 15 is 0 Å². The van der Waals surface area contributed by atoms with Gasteiger partial charge in [0.05, 0.1) is 35.6 Å². The van der Waals surface area contributed by atoms with E-state index in [-0.39, 0.29) is 16.2 Å². The molecule has 1 aliphatic rings. The van der Waals surface area contributed by atoms with Crippen LogP contribution in [0.25, 0.3) is 26.8 Å². The SMILES string of the molecule is Cc1ncc(-c2cnc3sc(-c4ccc(S(=O)(=O)N5CCOCC5)cc4)nn23)cc1C(F)(F)F. The number of rotatable bonds is 4. The summed E-state index contributed by atoms with van der Waals surface area (Å²) in [6.45, 7) is 2.64. The van der Waals surface area contributed by atoms with Crippen molar-refractivity contribution in [1.29, 1.82) is 0 Å². The molecule has 0 atom stereocenters. The molecule has 1 saturated heterocycles. The van der Waals surface area contributed by atoms with Crippen molar-refractivity contribution in [3.8, 4) is 21.8 Å². The number of halogens is 3. The molecular weight excluding hydrogens is 491 g/mol. The lowest BCUT2D eigenvalue weighted by atomic mass is 10.1. The van der Waals surface area contributed by atoms with Crippen molar-refractivity contribution in [2.45, 2.75) is 18.0 Å². The molecule has 13 heteroatoms. The Morgan fingerprint density at radius 1 is 1.03 bits per heavy atom. The van der Waals surface area contributed by atoms with Crippen molar-refractivity contribution < 1.29 is 26.3 Å². The second-order valence-electron chi connectivity index (χ2n) is 7.64. The highest BCUT2D eigenvalue weighted by molar-refractivity contribution is 7.89. The average Bonchev–Trinajstić information content (AvgIpc) is 3.41. The summed E-state index contributed by atoms with van der Waals surface area (Å²) < 4.78 is 73.7. The topological polar surface area (TPSA) is 89.7 Å². The predicted octanol–water partition coefficient (Wildman–Crippen LogP) is 3.87. The van der Waals surface area contributed by atoms with Crippen molar-refractivity contribution in [2.75, 3.05) is 26.3 Å². The third-order valence-electron chi connectivity index (χ3n) is 5.48. The highest BCUT2D eigenvalue weighted by Crippen LogP contribution is 2.35. The normalized spacial score (nSPS) is 15.8. The van der Waals surface area contributed by atoms with Gasteiger partial charge in [0, 0.05) is 36.1 Å². The molecule has 0 aliphatic carbocycles. The van der Waals surface area contributed by atoms with Gasteiger partial charge in [-0.05, 0) is 25.1 Å². The molecule has 4 aromatic rings. The van der Waals surface area contributed by atoms with Crippen LogP contribution in [-0.2, 0) is 20.9 Å². The van der Waals surface area contributed by atoms with Gasteiger partial charge in [0.1, 0.15) is 5.01 Å². The lowest BCUT2D eigenvalue weighted by Crippen LogP contribution is -2.40. The lowest BCUT2D eigenvalue weighted by Gasteiger charge is -2.26. The second kappa shape index (κ2) is 8.41. The number of fused-ring (bicyclic) bond motifs is 1. The van der Waals surface area contributed by atoms with E-state index in [1.54, 1.807) is 12.1 Å². The standard InChI is InChI=1S/C21H18F3N5O3S2/c1-13-17(21(22,23)24)10-15(11-25-13)18-12-26-20-29(18)27-19(33-20)14-2-4-16(5-3-14)34(30,31)28-6-8-32-9-7-28/h2-5,10-12H,6-9H2,1H3. The van der Waals surface area contributed by atoms with E-state index in [2.05, 4.69) is 15.1 Å². The van der Waals surface area contributed by atoms with Crippen LogP contribution in [0.3, 0.4) is 0 Å². The Kier molecular flexibility index (Phi) is 5.67. The fraction of sp³-hybridized carbons (Fsp3) is 0.286. The summed E-state index contributed by atoms with van der Waals surface area (Å²) in [5, 5.41) is 5.05. The van der Waals surface area contributed by atoms with Crippen LogP contribution in [0.2, 0.25) is 0 Å². The minimum Gasteiger partial charge on any atom is -0.379 e. The Labute approximate surface area is 196 Å². The largest absolute Gasteiger partial charge is 0.418 e. The van der Waals surface area contributed by atoms with Gasteiger partial charge in [-0.3, -0.25) is 4.98 Å². The van der Waals surface area contributed by atoms with Crippen LogP contribution in [0.5, 0.6) is 0 Å². The molecule has 3 aromatic heterocycles. The number of pyridine rings is 1. The van der Waals surface area contributed by atoms with Crippen molar-refractivity contribution in [3.63, 3.8) is 0 Å². The van der Waals surface area contributed by atoms with Crippen molar-refractivity contribution in [2.24, 2.45) is 0 Å². The predicted molar refractivity (Wildman–Crippen MR) is 119 cm³/mol. The van der Waals surface area contributed by atoms with Gasteiger partial charge in [0.25, 0.3) is 0 Å². The molecular formula is C21H18F3N5O3S2. The van der Waals surface area contributed by atoms with Gasteiger partial charge < -0.3 is 4.74 Å². The zero-order chi connectivity index (χ0) is 24.1. The third-order valence-corrected chi connectivity index (χ3v) is 8.37. The van der Waals surface area contributed by atoms with E-state index in [9.17, 15) is 21.6 Å². The van der Waals surface area contributed by atoms with Crippen LogP contribution in [-0.4, -0.2) is 58.6 Å². The molecule has 0 spiro atoms. The molecule has 0 unspecified atom stereocenters. The van der Waals surface area contributed by atoms with Crippen LogP contribution in [0.4, 0.5) is 13.2 Å². The van der Waals surface area contributed by atoms with E-state index in [1.807, 2.05) is 0 Å². The van der Waals surface area contributed by atoms with Crippen LogP contribution in [0.15, 0.2) is 47.6 Å². The first-order valence-corrected chi connectivity index (χ1v) is 12.5. The Morgan fingerprint density at radius 3 is 2.41 bits per heavy atom. The third kappa shape index (κ3) is 4.08. The fourth-order valence-corrected chi connectivity index (χ4v) is 5.96. The molecule has 0 bridgehead atoms. The van der Waals surface area contributed by atoms with E-state index in [0.29, 0.717) is 47.5 Å². The van der Waals surface area contributed by atoms with Gasteiger partial charge in [0.2, 0.25) is 15.0 Å². The maximum absolute atomic E-state index is 13.3. The monoisotopic (exact) mass is 509 g/mol. The lowest BCUT2D eigenvalue weighted by molar-refractivity contribution is -0.138. The number of benzene rings is 1. The molecule has 8 nitrogen and oxygen atoms in total. The molecule has 178 valence electrons. The number of ether oxygens (including phenoxy) is 1. The molecule has 1 aromatic carbocycles. The van der Waals surface area contributed by atoms with Crippen LogP contribution in [0, 0.1) is 6.92 Å². The number of hydrogen-bond acceptors (Lipinski definition) is 7. The van der Waals surface area contributed by atoms with Gasteiger partial charge in [0.15, 0.2) is 0 Å². The molecule has 1 fully saturated rings. The maximum Gasteiger partial charge on any atom is 0.418 e. The summed E-state index contributed by atoms with van der Waals surface area (Å²) in [6.07, 6.45) is -1.71. The molecule has 0 N–H and O–H groups in total. The summed E-state index contributed by atoms with van der Waals surface area (Å²) in [5.41, 5.74) is 0.368. The van der Waals surface area contributed by atoms with Gasteiger partial charge in [-0.2, -0.15) is 22.6 Å². The number of alkyl halides is 3. The number of aryl methyl sites for hydroxylation is 1. The minimum absolute atomic E-state index is 0.108. The zero-order valence-corrected chi connectivity index (χ0v) is 19.4. The highest BCUT2D eigenvalue weighted by atomic mass is 32.2. The maximum atomic E-state index is 13.3. The fourth-order valence-electron chi connectivity index (χ4n) is 3.67. The Hall–Kier alpha value is -2.87. The quantitative estimate of drug-likeness (QED) is 0.415. The zero-order valence-electron chi connectivity index (χ0n) is 17.8. The second-order valence-corrected chi connectivity index (χ2v) is 10.5. The van der Waals surface area contributed by atoms with Crippen molar-refractivity contribution >= 4 is 26.3 Å².